The molecule has 2 rings (SSSR count). The zero-order chi connectivity index (χ0) is 18.6. The maximum Gasteiger partial charge on any atom is 0.244 e. The summed E-state index contributed by atoms with van der Waals surface area (Å²) in [5.74, 6) is -0.308. The molecule has 2 N–H and O–H groups in total. The van der Waals surface area contributed by atoms with Gasteiger partial charge >= 0.3 is 0 Å². The maximum atomic E-state index is 12.6. The van der Waals surface area contributed by atoms with E-state index in [1.807, 2.05) is 0 Å². The zero-order valence-electron chi connectivity index (χ0n) is 14.4. The monoisotopic (exact) mass is 382 g/mol. The molecule has 0 aliphatic rings. The highest BCUT2D eigenvalue weighted by Gasteiger charge is 2.22. The Hall–Kier alpha value is -1.97. The minimum atomic E-state index is -3.58. The number of nitrogens with one attached hydrogen (secondary N) is 2. The Labute approximate surface area is 151 Å². The molecule has 1 heterocycles. The largest absolute Gasteiger partial charge is 0.324 e. The van der Waals surface area contributed by atoms with E-state index in [1.165, 1.54) is 26.3 Å². The van der Waals surface area contributed by atoms with Crippen LogP contribution >= 0.6 is 11.3 Å². The van der Waals surface area contributed by atoms with E-state index >= 15 is 0 Å². The van der Waals surface area contributed by atoms with E-state index in [-0.39, 0.29) is 22.1 Å². The smallest absolute Gasteiger partial charge is 0.244 e. The van der Waals surface area contributed by atoms with Crippen molar-refractivity contribution in [1.82, 2.24) is 8.87 Å². The van der Waals surface area contributed by atoms with Crippen LogP contribution in [0.4, 0.5) is 5.69 Å². The van der Waals surface area contributed by atoms with Crippen LogP contribution in [0, 0.1) is 12.3 Å². The number of aromatic nitrogens is 1. The first-order valence-corrected chi connectivity index (χ1v) is 10.2. The van der Waals surface area contributed by atoms with Crippen molar-refractivity contribution in [3.63, 3.8) is 0 Å². The number of carbonyl (C=O) groups excluding carboxylic acids is 1. The Bertz CT molecular complexity index is 911. The maximum absolute atomic E-state index is 12.6. The standard InChI is InChI=1S/C16H22N4O3S2/c1-4-20(5-2)25(22,23)13-7-6-12(3)14(10-13)18-15(21)11-19-8-9-24-16(19)17/h6-10,17H,4-5,11H2,1-3H3,(H,18,21). The van der Waals surface area contributed by atoms with Crippen molar-refractivity contribution in [2.75, 3.05) is 18.4 Å². The van der Waals surface area contributed by atoms with Gasteiger partial charge in [0, 0.05) is 30.4 Å². The van der Waals surface area contributed by atoms with Crippen LogP contribution in [0.15, 0.2) is 34.7 Å². The fourth-order valence-electron chi connectivity index (χ4n) is 2.38. The summed E-state index contributed by atoms with van der Waals surface area (Å²) in [5.41, 5.74) is 1.23. The molecule has 136 valence electrons. The molecule has 7 nitrogen and oxygen atoms in total. The molecule has 0 aliphatic heterocycles. The molecule has 0 fully saturated rings. The molecule has 0 saturated heterocycles. The van der Waals surface area contributed by atoms with Crippen molar-refractivity contribution < 1.29 is 13.2 Å². The molecule has 0 saturated carbocycles. The quantitative estimate of drug-likeness (QED) is 0.767. The molecule has 0 radical (unpaired) electrons. The number of sulfonamides is 1. The van der Waals surface area contributed by atoms with Gasteiger partial charge in [-0.1, -0.05) is 19.9 Å². The second-order valence-corrected chi connectivity index (χ2v) is 8.28. The van der Waals surface area contributed by atoms with E-state index in [9.17, 15) is 13.2 Å². The van der Waals surface area contributed by atoms with Gasteiger partial charge in [-0.05, 0) is 24.6 Å². The van der Waals surface area contributed by atoms with E-state index in [0.29, 0.717) is 18.8 Å². The third-order valence-electron chi connectivity index (χ3n) is 3.82. The average Bonchev–Trinajstić information content (AvgIpc) is 2.95. The van der Waals surface area contributed by atoms with Gasteiger partial charge in [-0.3, -0.25) is 10.2 Å². The lowest BCUT2D eigenvalue weighted by molar-refractivity contribution is -0.116. The topological polar surface area (TPSA) is 95.3 Å². The predicted molar refractivity (Wildman–Crippen MR) is 98.1 cm³/mol. The van der Waals surface area contributed by atoms with E-state index in [1.54, 1.807) is 44.5 Å². The number of thiazole rings is 1. The fourth-order valence-corrected chi connectivity index (χ4v) is 4.46. The number of hydrogen-bond donors (Lipinski definition) is 2. The van der Waals surface area contributed by atoms with E-state index in [4.69, 9.17) is 5.41 Å². The van der Waals surface area contributed by atoms with Crippen molar-refractivity contribution >= 4 is 33.0 Å². The summed E-state index contributed by atoms with van der Waals surface area (Å²) in [6.07, 6.45) is 1.67. The summed E-state index contributed by atoms with van der Waals surface area (Å²) in [7, 11) is -3.58. The van der Waals surface area contributed by atoms with Gasteiger partial charge in [0.05, 0.1) is 4.90 Å². The van der Waals surface area contributed by atoms with Gasteiger partial charge in [-0.25, -0.2) is 8.42 Å². The predicted octanol–water partition coefficient (Wildman–Crippen LogP) is 2.01. The van der Waals surface area contributed by atoms with Crippen LogP contribution in [-0.4, -0.2) is 36.3 Å². The third kappa shape index (κ3) is 4.36. The number of benzene rings is 1. The number of carbonyl (C=O) groups is 1. The molecular weight excluding hydrogens is 360 g/mol. The van der Waals surface area contributed by atoms with Gasteiger partial charge in [0.1, 0.15) is 6.54 Å². The molecule has 0 atom stereocenters. The summed E-state index contributed by atoms with van der Waals surface area (Å²) < 4.78 is 28.2. The number of nitrogens with zero attached hydrogens (tertiary/aromatic N) is 2. The lowest BCUT2D eigenvalue weighted by Gasteiger charge is -2.19. The highest BCUT2D eigenvalue weighted by molar-refractivity contribution is 7.89. The molecule has 0 aliphatic carbocycles. The summed E-state index contributed by atoms with van der Waals surface area (Å²) in [6, 6.07) is 4.72. The minimum Gasteiger partial charge on any atom is -0.324 e. The Kier molecular flexibility index (Phi) is 6.15. The van der Waals surface area contributed by atoms with Crippen LogP contribution in [-0.2, 0) is 21.4 Å². The highest BCUT2D eigenvalue weighted by atomic mass is 32.2. The number of amides is 1. The van der Waals surface area contributed by atoms with E-state index < -0.39 is 10.0 Å². The van der Waals surface area contributed by atoms with Crippen LogP contribution in [0.3, 0.4) is 0 Å². The highest BCUT2D eigenvalue weighted by Crippen LogP contribution is 2.23. The van der Waals surface area contributed by atoms with Crippen molar-refractivity contribution in [3.05, 3.63) is 40.1 Å². The van der Waals surface area contributed by atoms with E-state index in [2.05, 4.69) is 5.32 Å². The van der Waals surface area contributed by atoms with Crippen molar-refractivity contribution in [3.8, 4) is 0 Å². The molecule has 1 amide bonds. The summed E-state index contributed by atoms with van der Waals surface area (Å²) in [5, 5.41) is 12.2. The number of aryl methyl sites for hydroxylation is 1. The number of anilines is 1. The third-order valence-corrected chi connectivity index (χ3v) is 6.58. The van der Waals surface area contributed by atoms with Gasteiger partial charge in [0.2, 0.25) is 15.9 Å². The zero-order valence-corrected chi connectivity index (χ0v) is 16.1. The normalized spacial score (nSPS) is 11.7. The SMILES string of the molecule is CCN(CC)S(=O)(=O)c1ccc(C)c(NC(=O)Cn2ccsc2=N)c1. The van der Waals surface area contributed by atoms with Gasteiger partial charge in [0.25, 0.3) is 0 Å². The van der Waals surface area contributed by atoms with Gasteiger partial charge in [0.15, 0.2) is 4.80 Å². The molecule has 0 bridgehead atoms. The number of rotatable bonds is 7. The number of hydrogen-bond acceptors (Lipinski definition) is 5. The minimum absolute atomic E-state index is 0.00873. The van der Waals surface area contributed by atoms with Crippen LogP contribution in [0.5, 0.6) is 0 Å². The molecule has 2 aromatic rings. The molecule has 9 heteroatoms. The molecular formula is C16H22N4O3S2. The molecule has 25 heavy (non-hydrogen) atoms. The Morgan fingerprint density at radius 2 is 2.00 bits per heavy atom. The summed E-state index contributed by atoms with van der Waals surface area (Å²) in [4.78, 5) is 12.7. The molecule has 0 unspecified atom stereocenters. The van der Waals surface area contributed by atoms with Gasteiger partial charge in [-0.15, -0.1) is 11.3 Å². The molecule has 0 spiro atoms. The van der Waals surface area contributed by atoms with Crippen LogP contribution < -0.4 is 10.1 Å². The van der Waals surface area contributed by atoms with Crippen molar-refractivity contribution in [2.45, 2.75) is 32.2 Å². The Morgan fingerprint density at radius 1 is 1.32 bits per heavy atom. The average molecular weight is 383 g/mol. The van der Waals surface area contributed by atoms with Gasteiger partial charge in [-0.2, -0.15) is 4.31 Å². The summed E-state index contributed by atoms with van der Waals surface area (Å²) >= 11 is 1.23. The molecule has 1 aromatic carbocycles. The second-order valence-electron chi connectivity index (χ2n) is 5.45. The van der Waals surface area contributed by atoms with Crippen LogP contribution in [0.1, 0.15) is 19.4 Å². The van der Waals surface area contributed by atoms with Crippen LogP contribution in [0.2, 0.25) is 0 Å². The first kappa shape index (κ1) is 19.4. The van der Waals surface area contributed by atoms with Crippen molar-refractivity contribution in [1.29, 1.82) is 5.41 Å². The lowest BCUT2D eigenvalue weighted by atomic mass is 10.2. The second kappa shape index (κ2) is 7.94. The first-order chi connectivity index (χ1) is 11.8. The fraction of sp³-hybridized carbons (Fsp3) is 0.375. The Balaban J connectivity index is 2.26. The van der Waals surface area contributed by atoms with Crippen LogP contribution in [0.25, 0.3) is 0 Å². The van der Waals surface area contributed by atoms with E-state index in [0.717, 1.165) is 5.56 Å². The first-order valence-electron chi connectivity index (χ1n) is 7.88. The van der Waals surface area contributed by atoms with Crippen molar-refractivity contribution in [2.24, 2.45) is 0 Å². The summed E-state index contributed by atoms with van der Waals surface area (Å²) in [6.45, 7) is 6.15. The lowest BCUT2D eigenvalue weighted by Crippen LogP contribution is -2.30. The van der Waals surface area contributed by atoms with Gasteiger partial charge < -0.3 is 9.88 Å². The molecule has 1 aromatic heterocycles. The Morgan fingerprint density at radius 3 is 2.56 bits per heavy atom.